The summed E-state index contributed by atoms with van der Waals surface area (Å²) in [5.74, 6) is -1.70. The first-order valence-corrected chi connectivity index (χ1v) is 7.83. The second kappa shape index (κ2) is 6.84. The summed E-state index contributed by atoms with van der Waals surface area (Å²) in [4.78, 5) is 26.4. The lowest BCUT2D eigenvalue weighted by molar-refractivity contribution is -0.136. The van der Waals surface area contributed by atoms with Crippen molar-refractivity contribution in [2.45, 2.75) is 6.92 Å². The molecule has 1 heterocycles. The Morgan fingerprint density at radius 2 is 1.81 bits per heavy atom. The van der Waals surface area contributed by atoms with Crippen molar-refractivity contribution in [3.8, 4) is 5.75 Å². The van der Waals surface area contributed by atoms with Crippen molar-refractivity contribution in [3.05, 3.63) is 76.8 Å². The zero-order chi connectivity index (χ0) is 18.8. The number of esters is 1. The highest BCUT2D eigenvalue weighted by Crippen LogP contribution is 2.36. The Bertz CT molecular complexity index is 945. The van der Waals surface area contributed by atoms with Crippen molar-refractivity contribution in [2.24, 2.45) is 0 Å². The van der Waals surface area contributed by atoms with E-state index < -0.39 is 17.7 Å². The molecule has 3 rings (SSSR count). The monoisotopic (exact) mass is 353 g/mol. The number of hydrogen-bond acceptors (Lipinski definition) is 4. The smallest absolute Gasteiger partial charge is 0.340 e. The van der Waals surface area contributed by atoms with Crippen LogP contribution in [0.4, 0.5) is 10.1 Å². The van der Waals surface area contributed by atoms with Crippen LogP contribution in [0.1, 0.15) is 12.5 Å². The van der Waals surface area contributed by atoms with E-state index in [2.05, 4.69) is 0 Å². The number of halogens is 1. The minimum atomic E-state index is -0.681. The second-order valence-corrected chi connectivity index (χ2v) is 5.69. The molecule has 0 fully saturated rings. The molecule has 1 amide bonds. The molecule has 132 valence electrons. The van der Waals surface area contributed by atoms with E-state index in [9.17, 15) is 19.1 Å². The maximum absolute atomic E-state index is 14.2. The second-order valence-electron chi connectivity index (χ2n) is 5.69. The van der Waals surface area contributed by atoms with E-state index >= 15 is 0 Å². The standard InChI is InChI=1S/C20H16FNO4/c1-12-18(20(25)26-2)15(11-13-7-9-14(23)10-8-13)19(24)22(12)17-6-4-3-5-16(17)21/h3-11,23H,1-2H3. The molecule has 0 unspecified atom stereocenters. The third kappa shape index (κ3) is 2.97. The van der Waals surface area contributed by atoms with Gasteiger partial charge in [-0.1, -0.05) is 24.3 Å². The Kier molecular flexibility index (Phi) is 4.58. The number of hydrogen-bond donors (Lipinski definition) is 1. The number of carbonyl (C=O) groups excluding carboxylic acids is 2. The van der Waals surface area contributed by atoms with Crippen LogP contribution in [0.15, 0.2) is 65.4 Å². The number of carbonyl (C=O) groups is 2. The maximum atomic E-state index is 14.2. The van der Waals surface area contributed by atoms with E-state index in [4.69, 9.17) is 4.74 Å². The predicted octanol–water partition coefficient (Wildman–Crippen LogP) is 3.41. The van der Waals surface area contributed by atoms with Gasteiger partial charge in [0.1, 0.15) is 11.6 Å². The Hall–Kier alpha value is -3.41. The molecule has 0 saturated heterocycles. The summed E-state index contributed by atoms with van der Waals surface area (Å²) in [6, 6.07) is 12.0. The van der Waals surface area contributed by atoms with Gasteiger partial charge < -0.3 is 9.84 Å². The van der Waals surface area contributed by atoms with E-state index in [1.54, 1.807) is 25.1 Å². The Morgan fingerprint density at radius 3 is 2.42 bits per heavy atom. The van der Waals surface area contributed by atoms with E-state index in [1.807, 2.05) is 0 Å². The minimum absolute atomic E-state index is 0.0607. The SMILES string of the molecule is COC(=O)C1=C(C)N(c2ccccc2F)C(=O)C1=Cc1ccc(O)cc1. The fourth-order valence-corrected chi connectivity index (χ4v) is 2.84. The molecule has 0 radical (unpaired) electrons. The van der Waals surface area contributed by atoms with Gasteiger partial charge in [-0.05, 0) is 42.8 Å². The number of anilines is 1. The largest absolute Gasteiger partial charge is 0.508 e. The van der Waals surface area contributed by atoms with Gasteiger partial charge in [0.05, 0.1) is 23.9 Å². The maximum Gasteiger partial charge on any atom is 0.340 e. The van der Waals surface area contributed by atoms with Crippen molar-refractivity contribution >= 4 is 23.6 Å². The van der Waals surface area contributed by atoms with Crippen molar-refractivity contribution in [1.82, 2.24) is 0 Å². The zero-order valence-electron chi connectivity index (χ0n) is 14.2. The molecular weight excluding hydrogens is 337 g/mol. The molecule has 0 atom stereocenters. The summed E-state index contributed by atoms with van der Waals surface area (Å²) >= 11 is 0. The number of benzene rings is 2. The highest BCUT2D eigenvalue weighted by Gasteiger charge is 2.38. The number of phenols is 1. The number of phenolic OH excluding ortho intramolecular Hbond substituents is 1. The number of aromatic hydroxyl groups is 1. The van der Waals surface area contributed by atoms with Crippen LogP contribution in [0.3, 0.4) is 0 Å². The van der Waals surface area contributed by atoms with Crippen molar-refractivity contribution in [2.75, 3.05) is 12.0 Å². The fourth-order valence-electron chi connectivity index (χ4n) is 2.84. The van der Waals surface area contributed by atoms with Gasteiger partial charge in [-0.2, -0.15) is 0 Å². The average molecular weight is 353 g/mol. The number of allylic oxidation sites excluding steroid dienone is 1. The normalized spacial score (nSPS) is 15.7. The lowest BCUT2D eigenvalue weighted by atomic mass is 10.0. The van der Waals surface area contributed by atoms with Gasteiger partial charge >= 0.3 is 5.97 Å². The van der Waals surface area contributed by atoms with Crippen LogP contribution >= 0.6 is 0 Å². The highest BCUT2D eigenvalue weighted by atomic mass is 19.1. The summed E-state index contributed by atoms with van der Waals surface area (Å²) < 4.78 is 19.0. The lowest BCUT2D eigenvalue weighted by Gasteiger charge is -2.18. The third-order valence-corrected chi connectivity index (χ3v) is 4.09. The summed E-state index contributed by atoms with van der Waals surface area (Å²) in [5.41, 5.74) is 1.13. The van der Waals surface area contributed by atoms with E-state index in [0.717, 1.165) is 4.90 Å². The van der Waals surface area contributed by atoms with Crippen LogP contribution < -0.4 is 4.90 Å². The first-order valence-electron chi connectivity index (χ1n) is 7.83. The van der Waals surface area contributed by atoms with Crippen molar-refractivity contribution in [3.63, 3.8) is 0 Å². The van der Waals surface area contributed by atoms with Crippen LogP contribution in [0, 0.1) is 5.82 Å². The summed E-state index contributed by atoms with van der Waals surface area (Å²) in [7, 11) is 1.22. The third-order valence-electron chi connectivity index (χ3n) is 4.09. The highest BCUT2D eigenvalue weighted by molar-refractivity contribution is 6.23. The van der Waals surface area contributed by atoms with Gasteiger partial charge in [0, 0.05) is 5.70 Å². The average Bonchev–Trinajstić information content (AvgIpc) is 2.87. The molecular formula is C20H16FNO4. The molecule has 6 heteroatoms. The number of rotatable bonds is 3. The number of amides is 1. The zero-order valence-corrected chi connectivity index (χ0v) is 14.2. The molecule has 0 bridgehead atoms. The molecule has 1 N–H and O–H groups in total. The Morgan fingerprint density at radius 1 is 1.15 bits per heavy atom. The number of nitrogens with zero attached hydrogens (tertiary/aromatic N) is 1. The van der Waals surface area contributed by atoms with Crippen molar-refractivity contribution < 1.29 is 23.8 Å². The number of ether oxygens (including phenoxy) is 1. The topological polar surface area (TPSA) is 66.8 Å². The van der Waals surface area contributed by atoms with E-state index in [1.165, 1.54) is 43.5 Å². The van der Waals surface area contributed by atoms with Gasteiger partial charge in [0.15, 0.2) is 0 Å². The Labute approximate surface area is 149 Å². The molecule has 0 aliphatic carbocycles. The molecule has 2 aromatic carbocycles. The van der Waals surface area contributed by atoms with Crippen molar-refractivity contribution in [1.29, 1.82) is 0 Å². The van der Waals surface area contributed by atoms with Crippen LogP contribution in [-0.4, -0.2) is 24.1 Å². The van der Waals surface area contributed by atoms with Crippen LogP contribution in [0.2, 0.25) is 0 Å². The van der Waals surface area contributed by atoms with Crippen LogP contribution in [0.5, 0.6) is 5.75 Å². The first kappa shape index (κ1) is 17.4. The molecule has 0 aromatic heterocycles. The number of para-hydroxylation sites is 1. The Balaban J connectivity index is 2.16. The molecule has 0 spiro atoms. The summed E-state index contributed by atoms with van der Waals surface area (Å²) in [6.45, 7) is 1.56. The van der Waals surface area contributed by atoms with Gasteiger partial charge in [-0.15, -0.1) is 0 Å². The molecule has 1 aliphatic heterocycles. The minimum Gasteiger partial charge on any atom is -0.508 e. The quantitative estimate of drug-likeness (QED) is 0.678. The van der Waals surface area contributed by atoms with Crippen LogP contribution in [-0.2, 0) is 14.3 Å². The van der Waals surface area contributed by atoms with Crippen LogP contribution in [0.25, 0.3) is 6.08 Å². The predicted molar refractivity (Wildman–Crippen MR) is 94.7 cm³/mol. The van der Waals surface area contributed by atoms with Gasteiger partial charge in [-0.25, -0.2) is 9.18 Å². The molecule has 0 saturated carbocycles. The van der Waals surface area contributed by atoms with Gasteiger partial charge in [-0.3, -0.25) is 9.69 Å². The molecule has 5 nitrogen and oxygen atoms in total. The fraction of sp³-hybridized carbons (Fsp3) is 0.100. The summed E-state index contributed by atoms with van der Waals surface area (Å²) in [6.07, 6.45) is 1.51. The lowest BCUT2D eigenvalue weighted by Crippen LogP contribution is -2.25. The summed E-state index contributed by atoms with van der Waals surface area (Å²) in [5, 5.41) is 9.39. The van der Waals surface area contributed by atoms with E-state index in [0.29, 0.717) is 5.56 Å². The van der Waals surface area contributed by atoms with E-state index in [-0.39, 0.29) is 28.3 Å². The molecule has 2 aromatic rings. The van der Waals surface area contributed by atoms with Gasteiger partial charge in [0.25, 0.3) is 5.91 Å². The van der Waals surface area contributed by atoms with Gasteiger partial charge in [0.2, 0.25) is 0 Å². The first-order chi connectivity index (χ1) is 12.4. The molecule has 26 heavy (non-hydrogen) atoms. The number of methoxy groups -OCH3 is 1. The molecule has 1 aliphatic rings.